The van der Waals surface area contributed by atoms with Crippen molar-refractivity contribution in [1.82, 2.24) is 0 Å². The van der Waals surface area contributed by atoms with E-state index < -0.39 is 5.82 Å². The number of rotatable bonds is 5. The number of aryl methyl sites for hydroxylation is 2. The third-order valence-electron chi connectivity index (χ3n) is 3.48. The van der Waals surface area contributed by atoms with Crippen LogP contribution in [0.15, 0.2) is 42.5 Å². The van der Waals surface area contributed by atoms with Gasteiger partial charge in [0.25, 0.3) is 0 Å². The summed E-state index contributed by atoms with van der Waals surface area (Å²) in [7, 11) is 0. The molecule has 0 amide bonds. The third-order valence-corrected chi connectivity index (χ3v) is 3.48. The van der Waals surface area contributed by atoms with E-state index in [2.05, 4.69) is 36.5 Å². The smallest absolute Gasteiger partial charge is 0.143 e. The van der Waals surface area contributed by atoms with Crippen LogP contribution in [0, 0.1) is 24.1 Å². The molecule has 2 aromatic carbocycles. The Bertz CT molecular complexity index is 659. The van der Waals surface area contributed by atoms with Gasteiger partial charge in [0, 0.05) is 6.04 Å². The van der Waals surface area contributed by atoms with Crippen LogP contribution in [0.3, 0.4) is 0 Å². The second-order valence-corrected chi connectivity index (χ2v) is 5.35. The molecule has 0 aliphatic rings. The van der Waals surface area contributed by atoms with Crippen LogP contribution < -0.4 is 5.32 Å². The van der Waals surface area contributed by atoms with Crippen LogP contribution in [0.5, 0.6) is 0 Å². The lowest BCUT2D eigenvalue weighted by atomic mass is 10.0. The maximum Gasteiger partial charge on any atom is 0.143 e. The van der Waals surface area contributed by atoms with Gasteiger partial charge in [0.2, 0.25) is 0 Å². The molecule has 0 aliphatic carbocycles. The van der Waals surface area contributed by atoms with E-state index in [1.165, 1.54) is 17.2 Å². The summed E-state index contributed by atoms with van der Waals surface area (Å²) in [4.78, 5) is 0. The highest BCUT2D eigenvalue weighted by Gasteiger charge is 2.10. The molecule has 0 aliphatic heterocycles. The van der Waals surface area contributed by atoms with Gasteiger partial charge in [0.15, 0.2) is 0 Å². The summed E-state index contributed by atoms with van der Waals surface area (Å²) in [6.45, 7) is 4.12. The fourth-order valence-corrected chi connectivity index (χ4v) is 2.35. The molecule has 0 bridgehead atoms. The van der Waals surface area contributed by atoms with Crippen molar-refractivity contribution in [2.45, 2.75) is 32.7 Å². The molecule has 3 heteroatoms. The van der Waals surface area contributed by atoms with Crippen LogP contribution in [0.1, 0.15) is 30.0 Å². The lowest BCUT2D eigenvalue weighted by Gasteiger charge is -2.16. The lowest BCUT2D eigenvalue weighted by molar-refractivity contribution is 0.623. The first-order chi connectivity index (χ1) is 10.1. The quantitative estimate of drug-likeness (QED) is 0.880. The number of halogens is 1. The maximum atomic E-state index is 13.5. The highest BCUT2D eigenvalue weighted by Crippen LogP contribution is 2.19. The van der Waals surface area contributed by atoms with E-state index >= 15 is 0 Å². The number of hydrogen-bond acceptors (Lipinski definition) is 2. The van der Waals surface area contributed by atoms with Crippen LogP contribution in [0.25, 0.3) is 0 Å². The molecule has 1 unspecified atom stereocenters. The minimum absolute atomic E-state index is 0.0832. The maximum absolute atomic E-state index is 13.5. The highest BCUT2D eigenvalue weighted by atomic mass is 19.1. The molecule has 1 N–H and O–H groups in total. The van der Waals surface area contributed by atoms with Gasteiger partial charge in [-0.05, 0) is 44.4 Å². The fraction of sp³-hybridized carbons (Fsp3) is 0.278. The first-order valence-corrected chi connectivity index (χ1v) is 7.11. The molecule has 0 radical (unpaired) electrons. The van der Waals surface area contributed by atoms with Crippen molar-refractivity contribution >= 4 is 5.69 Å². The summed E-state index contributed by atoms with van der Waals surface area (Å²) >= 11 is 0. The molecule has 2 nitrogen and oxygen atoms in total. The molecule has 0 saturated heterocycles. The van der Waals surface area contributed by atoms with Crippen LogP contribution in [0.4, 0.5) is 10.1 Å². The zero-order chi connectivity index (χ0) is 15.2. The van der Waals surface area contributed by atoms with Crippen LogP contribution in [-0.4, -0.2) is 6.04 Å². The molecule has 21 heavy (non-hydrogen) atoms. The van der Waals surface area contributed by atoms with Crippen LogP contribution >= 0.6 is 0 Å². The van der Waals surface area contributed by atoms with E-state index in [4.69, 9.17) is 5.26 Å². The van der Waals surface area contributed by atoms with Crippen molar-refractivity contribution in [2.24, 2.45) is 0 Å². The van der Waals surface area contributed by atoms with Crippen molar-refractivity contribution in [3.63, 3.8) is 0 Å². The SMILES string of the molecule is Cc1cccc(CCC(C)Nc2cccc(F)c2C#N)c1. The predicted octanol–water partition coefficient (Wildman–Crippen LogP) is 4.44. The van der Waals surface area contributed by atoms with Gasteiger partial charge in [0.05, 0.1) is 5.69 Å². The van der Waals surface area contributed by atoms with Crippen molar-refractivity contribution in [3.8, 4) is 6.07 Å². The first kappa shape index (κ1) is 15.1. The van der Waals surface area contributed by atoms with Gasteiger partial charge in [-0.2, -0.15) is 5.26 Å². The number of nitrogens with one attached hydrogen (secondary N) is 1. The Balaban J connectivity index is 1.98. The zero-order valence-electron chi connectivity index (χ0n) is 12.4. The number of benzene rings is 2. The monoisotopic (exact) mass is 282 g/mol. The zero-order valence-corrected chi connectivity index (χ0v) is 12.4. The molecule has 0 heterocycles. The molecule has 0 fully saturated rings. The van der Waals surface area contributed by atoms with Crippen LogP contribution in [0.2, 0.25) is 0 Å². The lowest BCUT2D eigenvalue weighted by Crippen LogP contribution is -2.17. The molecule has 0 saturated carbocycles. The molecular weight excluding hydrogens is 263 g/mol. The van der Waals surface area contributed by atoms with E-state index in [0.29, 0.717) is 5.69 Å². The molecule has 1 atom stereocenters. The molecule has 2 aromatic rings. The van der Waals surface area contributed by atoms with Gasteiger partial charge in [-0.1, -0.05) is 35.9 Å². The summed E-state index contributed by atoms with van der Waals surface area (Å²) in [6, 6.07) is 15.2. The Labute approximate surface area is 125 Å². The molecule has 0 spiro atoms. The van der Waals surface area contributed by atoms with Gasteiger partial charge < -0.3 is 5.32 Å². The molecule has 0 aromatic heterocycles. The first-order valence-electron chi connectivity index (χ1n) is 7.11. The predicted molar refractivity (Wildman–Crippen MR) is 83.7 cm³/mol. The van der Waals surface area contributed by atoms with Crippen molar-refractivity contribution < 1.29 is 4.39 Å². The number of hydrogen-bond donors (Lipinski definition) is 1. The van der Waals surface area contributed by atoms with E-state index in [1.54, 1.807) is 12.1 Å². The van der Waals surface area contributed by atoms with E-state index in [0.717, 1.165) is 12.8 Å². The van der Waals surface area contributed by atoms with Gasteiger partial charge in [-0.15, -0.1) is 0 Å². The summed E-state index contributed by atoms with van der Waals surface area (Å²) in [5, 5.41) is 12.2. The fourth-order valence-electron chi connectivity index (χ4n) is 2.35. The minimum Gasteiger partial charge on any atom is -0.381 e. The summed E-state index contributed by atoms with van der Waals surface area (Å²) in [5.41, 5.74) is 3.20. The van der Waals surface area contributed by atoms with E-state index in [1.807, 2.05) is 13.0 Å². The average molecular weight is 282 g/mol. The van der Waals surface area contributed by atoms with Gasteiger partial charge in [-0.25, -0.2) is 4.39 Å². The Kier molecular flexibility index (Phi) is 4.94. The number of anilines is 1. The Hall–Kier alpha value is -2.34. The highest BCUT2D eigenvalue weighted by molar-refractivity contribution is 5.58. The minimum atomic E-state index is -0.478. The van der Waals surface area contributed by atoms with Crippen molar-refractivity contribution in [1.29, 1.82) is 5.26 Å². The van der Waals surface area contributed by atoms with E-state index in [-0.39, 0.29) is 11.6 Å². The summed E-state index contributed by atoms with van der Waals surface area (Å²) in [6.07, 6.45) is 1.87. The Morgan fingerprint density at radius 2 is 2.00 bits per heavy atom. The largest absolute Gasteiger partial charge is 0.381 e. The van der Waals surface area contributed by atoms with Gasteiger partial charge in [-0.3, -0.25) is 0 Å². The number of nitriles is 1. The summed E-state index contributed by atoms with van der Waals surface area (Å²) < 4.78 is 13.5. The molecule has 108 valence electrons. The molecule has 2 rings (SSSR count). The average Bonchev–Trinajstić information content (AvgIpc) is 2.45. The van der Waals surface area contributed by atoms with Crippen molar-refractivity contribution in [2.75, 3.05) is 5.32 Å². The van der Waals surface area contributed by atoms with Crippen LogP contribution in [-0.2, 0) is 6.42 Å². The standard InChI is InChI=1S/C18H19FN2/c1-13-5-3-6-15(11-13)10-9-14(2)21-18-8-4-7-17(19)16(18)12-20/h3-8,11,14,21H,9-10H2,1-2H3. The second kappa shape index (κ2) is 6.90. The van der Waals surface area contributed by atoms with E-state index in [9.17, 15) is 4.39 Å². The second-order valence-electron chi connectivity index (χ2n) is 5.35. The van der Waals surface area contributed by atoms with Crippen molar-refractivity contribution in [3.05, 3.63) is 65.0 Å². The Morgan fingerprint density at radius 3 is 2.71 bits per heavy atom. The third kappa shape index (κ3) is 4.06. The topological polar surface area (TPSA) is 35.8 Å². The Morgan fingerprint density at radius 1 is 1.24 bits per heavy atom. The summed E-state index contributed by atoms with van der Waals surface area (Å²) in [5.74, 6) is -0.478. The normalized spacial score (nSPS) is 11.7. The van der Waals surface area contributed by atoms with Gasteiger partial charge in [0.1, 0.15) is 17.4 Å². The van der Waals surface area contributed by atoms with Gasteiger partial charge >= 0.3 is 0 Å². The number of nitrogens with zero attached hydrogens (tertiary/aromatic N) is 1. The molecular formula is C18H19FN2.